The van der Waals surface area contributed by atoms with Gasteiger partial charge in [0.25, 0.3) is 5.56 Å². The van der Waals surface area contributed by atoms with Crippen LogP contribution in [0.1, 0.15) is 31.2 Å². The van der Waals surface area contributed by atoms with Gasteiger partial charge in [-0.25, -0.2) is 9.37 Å². The molecule has 0 spiro atoms. The smallest absolute Gasteiger partial charge is 0.256 e. The highest BCUT2D eigenvalue weighted by Crippen LogP contribution is 2.32. The molecule has 29 heavy (non-hydrogen) atoms. The fraction of sp³-hybridized carbons (Fsp3) is 0.182. The Labute approximate surface area is 172 Å². The number of aromatic amines is 2. The van der Waals surface area contributed by atoms with Crippen LogP contribution < -0.4 is 10.9 Å². The van der Waals surface area contributed by atoms with Gasteiger partial charge in [-0.2, -0.15) is 0 Å². The molecule has 0 unspecified atom stereocenters. The van der Waals surface area contributed by atoms with Gasteiger partial charge in [-0.3, -0.25) is 4.79 Å². The van der Waals surface area contributed by atoms with E-state index in [9.17, 15) is 9.18 Å². The fourth-order valence-electron chi connectivity index (χ4n) is 3.42. The molecule has 0 radical (unpaired) electrons. The summed E-state index contributed by atoms with van der Waals surface area (Å²) in [4.78, 5) is 23.2. The molecule has 0 atom stereocenters. The van der Waals surface area contributed by atoms with Gasteiger partial charge in [0.2, 0.25) is 0 Å². The minimum atomic E-state index is -0.504. The number of anilines is 2. The van der Waals surface area contributed by atoms with E-state index >= 15 is 0 Å². The Morgan fingerprint density at radius 2 is 1.86 bits per heavy atom. The molecule has 0 bridgehead atoms. The van der Waals surface area contributed by atoms with Crippen LogP contribution in [0.4, 0.5) is 15.8 Å². The number of rotatable bonds is 4. The molecule has 3 N–H and O–H groups in total. The minimum Gasteiger partial charge on any atom is -0.353 e. The van der Waals surface area contributed by atoms with E-state index in [4.69, 9.17) is 11.6 Å². The lowest BCUT2D eigenvalue weighted by atomic mass is 10.0. The summed E-state index contributed by atoms with van der Waals surface area (Å²) in [5, 5.41) is 4.69. The summed E-state index contributed by atoms with van der Waals surface area (Å²) in [6.07, 6.45) is 1.71. The van der Waals surface area contributed by atoms with E-state index in [0.29, 0.717) is 10.7 Å². The fourth-order valence-corrected chi connectivity index (χ4v) is 3.59. The van der Waals surface area contributed by atoms with E-state index in [1.54, 1.807) is 12.3 Å². The van der Waals surface area contributed by atoms with Crippen molar-refractivity contribution in [2.75, 3.05) is 5.32 Å². The van der Waals surface area contributed by atoms with Crippen LogP contribution in [0.5, 0.6) is 0 Å². The minimum absolute atomic E-state index is 0.0498. The number of H-pyrrole nitrogens is 2. The highest BCUT2D eigenvalue weighted by Gasteiger charge is 2.17. The van der Waals surface area contributed by atoms with E-state index in [1.165, 1.54) is 18.2 Å². The summed E-state index contributed by atoms with van der Waals surface area (Å²) in [6, 6.07) is 9.72. The van der Waals surface area contributed by atoms with Crippen LogP contribution in [0.3, 0.4) is 0 Å². The Morgan fingerprint density at radius 3 is 2.62 bits per heavy atom. The van der Waals surface area contributed by atoms with Crippen molar-refractivity contribution in [1.82, 2.24) is 15.0 Å². The van der Waals surface area contributed by atoms with Crippen molar-refractivity contribution in [2.45, 2.75) is 26.7 Å². The van der Waals surface area contributed by atoms with Gasteiger partial charge in [0.05, 0.1) is 16.9 Å². The molecule has 148 valence electrons. The van der Waals surface area contributed by atoms with Crippen molar-refractivity contribution in [3.8, 4) is 11.1 Å². The van der Waals surface area contributed by atoms with Crippen LogP contribution in [0.15, 0.2) is 47.4 Å². The number of fused-ring (bicyclic) bond motifs is 1. The van der Waals surface area contributed by atoms with Crippen molar-refractivity contribution in [1.29, 1.82) is 0 Å². The number of nitrogens with one attached hydrogen (secondary N) is 3. The van der Waals surface area contributed by atoms with E-state index in [1.807, 2.05) is 32.9 Å². The molecule has 0 aliphatic carbocycles. The third kappa shape index (κ3) is 3.63. The molecule has 0 aliphatic rings. The molecule has 7 heteroatoms. The summed E-state index contributed by atoms with van der Waals surface area (Å²) in [5.41, 5.74) is 4.04. The molecule has 0 amide bonds. The number of hydrogen-bond acceptors (Lipinski definition) is 3. The zero-order valence-electron chi connectivity index (χ0n) is 16.2. The Bertz CT molecular complexity index is 1280. The largest absolute Gasteiger partial charge is 0.353 e. The number of halogens is 2. The summed E-state index contributed by atoms with van der Waals surface area (Å²) < 4.78 is 14.4. The summed E-state index contributed by atoms with van der Waals surface area (Å²) in [6.45, 7) is 5.93. The maximum Gasteiger partial charge on any atom is 0.256 e. The second-order valence-electron chi connectivity index (χ2n) is 7.32. The second-order valence-corrected chi connectivity index (χ2v) is 7.75. The topological polar surface area (TPSA) is 73.6 Å². The lowest BCUT2D eigenvalue weighted by molar-refractivity contribution is 0.631. The van der Waals surface area contributed by atoms with E-state index in [2.05, 4.69) is 20.3 Å². The molecule has 1 aromatic carbocycles. The zero-order valence-corrected chi connectivity index (χ0v) is 17.0. The average molecular weight is 411 g/mol. The summed E-state index contributed by atoms with van der Waals surface area (Å²) >= 11 is 6.03. The van der Waals surface area contributed by atoms with Gasteiger partial charge >= 0.3 is 0 Å². The Hall–Kier alpha value is -3.12. The van der Waals surface area contributed by atoms with Gasteiger partial charge < -0.3 is 15.3 Å². The third-order valence-corrected chi connectivity index (χ3v) is 5.04. The summed E-state index contributed by atoms with van der Waals surface area (Å²) in [5.74, 6) is -0.454. The van der Waals surface area contributed by atoms with Crippen LogP contribution in [0.2, 0.25) is 5.02 Å². The molecule has 4 aromatic rings. The molecule has 0 fully saturated rings. The van der Waals surface area contributed by atoms with E-state index < -0.39 is 5.82 Å². The first-order chi connectivity index (χ1) is 13.8. The second kappa shape index (κ2) is 7.37. The number of hydrogen-bond donors (Lipinski definition) is 3. The zero-order chi connectivity index (χ0) is 20.7. The lowest BCUT2D eigenvalue weighted by Gasteiger charge is -2.17. The Balaban J connectivity index is 1.89. The van der Waals surface area contributed by atoms with Crippen molar-refractivity contribution in [3.05, 3.63) is 75.2 Å². The van der Waals surface area contributed by atoms with Crippen molar-refractivity contribution < 1.29 is 4.39 Å². The predicted octanol–water partition coefficient (Wildman–Crippen LogP) is 5.89. The third-order valence-electron chi connectivity index (χ3n) is 4.80. The Morgan fingerprint density at radius 1 is 1.07 bits per heavy atom. The van der Waals surface area contributed by atoms with Crippen LogP contribution in [0.25, 0.3) is 22.2 Å². The average Bonchev–Trinajstić information content (AvgIpc) is 3.06. The molecule has 0 saturated carbocycles. The highest BCUT2D eigenvalue weighted by atomic mass is 35.5. The predicted molar refractivity (Wildman–Crippen MR) is 116 cm³/mol. The summed E-state index contributed by atoms with van der Waals surface area (Å²) in [7, 11) is 0. The van der Waals surface area contributed by atoms with Crippen LogP contribution in [-0.2, 0) is 0 Å². The molecule has 3 aromatic heterocycles. The maximum atomic E-state index is 14.4. The number of aryl methyl sites for hydroxylation is 1. The number of aromatic nitrogens is 3. The number of nitrogens with zero attached hydrogens (tertiary/aromatic N) is 1. The van der Waals surface area contributed by atoms with Crippen LogP contribution >= 0.6 is 11.6 Å². The molecule has 4 rings (SSSR count). The molecule has 5 nitrogen and oxygen atoms in total. The number of pyridine rings is 2. The van der Waals surface area contributed by atoms with Gasteiger partial charge in [0, 0.05) is 33.6 Å². The van der Waals surface area contributed by atoms with Crippen molar-refractivity contribution >= 4 is 34.0 Å². The van der Waals surface area contributed by atoms with Crippen molar-refractivity contribution in [2.24, 2.45) is 0 Å². The first-order valence-electron chi connectivity index (χ1n) is 9.27. The van der Waals surface area contributed by atoms with Gasteiger partial charge in [0.1, 0.15) is 11.5 Å². The SMILES string of the molecule is Cc1cc2c(Nc3cc(-c4cc(Cl)ccc4F)c(=O)[nH]c3C(C)C)ccnc2[nH]1. The van der Waals surface area contributed by atoms with Gasteiger partial charge in [-0.15, -0.1) is 0 Å². The van der Waals surface area contributed by atoms with E-state index in [-0.39, 0.29) is 22.6 Å². The van der Waals surface area contributed by atoms with Crippen molar-refractivity contribution in [3.63, 3.8) is 0 Å². The molecule has 3 heterocycles. The van der Waals surface area contributed by atoms with Gasteiger partial charge in [-0.05, 0) is 49.2 Å². The molecular formula is C22H20ClFN4O. The Kier molecular flexibility index (Phi) is 4.88. The van der Waals surface area contributed by atoms with Gasteiger partial charge in [0.15, 0.2) is 0 Å². The molecule has 0 saturated heterocycles. The van der Waals surface area contributed by atoms with Crippen LogP contribution in [0, 0.1) is 12.7 Å². The molecular weight excluding hydrogens is 391 g/mol. The monoisotopic (exact) mass is 410 g/mol. The first kappa shape index (κ1) is 19.2. The van der Waals surface area contributed by atoms with Gasteiger partial charge in [-0.1, -0.05) is 25.4 Å². The normalized spacial score (nSPS) is 11.4. The van der Waals surface area contributed by atoms with E-state index in [0.717, 1.165) is 28.1 Å². The molecule has 0 aliphatic heterocycles. The maximum absolute atomic E-state index is 14.4. The highest BCUT2D eigenvalue weighted by molar-refractivity contribution is 6.30. The first-order valence-corrected chi connectivity index (χ1v) is 9.65. The standard InChI is InChI=1S/C22H20ClFN4O/c1-11(2)20-19(27-18-6-7-25-21-16(18)8-12(3)26-21)10-15(22(29)28-20)14-9-13(23)4-5-17(14)24/h4-11H,1-3H3,(H,28,29)(H2,25,26,27). The quantitative estimate of drug-likeness (QED) is 0.393. The number of benzene rings is 1. The van der Waals surface area contributed by atoms with Crippen LogP contribution in [-0.4, -0.2) is 15.0 Å². The lowest BCUT2D eigenvalue weighted by Crippen LogP contribution is -2.15.